The maximum Gasteiger partial charge on any atom is 0.238 e. The van der Waals surface area contributed by atoms with Crippen LogP contribution in [0.3, 0.4) is 0 Å². The van der Waals surface area contributed by atoms with Gasteiger partial charge in [0.15, 0.2) is 0 Å². The van der Waals surface area contributed by atoms with Gasteiger partial charge in [-0.3, -0.25) is 9.69 Å². The average molecular weight is 338 g/mol. The summed E-state index contributed by atoms with van der Waals surface area (Å²) in [5.41, 5.74) is 2.20. The lowest BCUT2D eigenvalue weighted by Crippen LogP contribution is -2.46. The van der Waals surface area contributed by atoms with Crippen LogP contribution in [0.15, 0.2) is 24.3 Å². The molecule has 128 valence electrons. The number of carbonyl (C=O) groups excluding carboxylic acids is 1. The predicted molar refractivity (Wildman–Crippen MR) is 97.4 cm³/mol. The van der Waals surface area contributed by atoms with E-state index in [4.69, 9.17) is 0 Å². The predicted octanol–water partition coefficient (Wildman–Crippen LogP) is 2.85. The van der Waals surface area contributed by atoms with Crippen LogP contribution in [0.2, 0.25) is 0 Å². The molecule has 1 aromatic rings. The molecule has 4 nitrogen and oxygen atoms in total. The van der Waals surface area contributed by atoms with E-state index in [-0.39, 0.29) is 18.3 Å². The Hall–Kier alpha value is -1.10. The number of amides is 1. The number of hydrogen-bond acceptors (Lipinski definition) is 3. The van der Waals surface area contributed by atoms with E-state index in [1.165, 1.54) is 18.4 Å². The van der Waals surface area contributed by atoms with Crippen molar-refractivity contribution in [2.75, 3.05) is 31.5 Å². The number of halogens is 1. The topological polar surface area (TPSA) is 44.4 Å². The van der Waals surface area contributed by atoms with Gasteiger partial charge in [0.2, 0.25) is 5.91 Å². The Morgan fingerprint density at radius 1 is 1.30 bits per heavy atom. The van der Waals surface area contributed by atoms with Crippen LogP contribution >= 0.6 is 12.4 Å². The van der Waals surface area contributed by atoms with E-state index in [9.17, 15) is 4.79 Å². The Morgan fingerprint density at radius 2 is 2.04 bits per heavy atom. The summed E-state index contributed by atoms with van der Waals surface area (Å²) < 4.78 is 0. The molecule has 23 heavy (non-hydrogen) atoms. The molecule has 0 saturated carbocycles. The third kappa shape index (κ3) is 4.69. The van der Waals surface area contributed by atoms with Crippen LogP contribution in [0.4, 0.5) is 5.69 Å². The maximum absolute atomic E-state index is 12.2. The molecule has 0 bridgehead atoms. The van der Waals surface area contributed by atoms with Crippen molar-refractivity contribution in [1.29, 1.82) is 0 Å². The Labute approximate surface area is 145 Å². The largest absolute Gasteiger partial charge is 0.325 e. The zero-order chi connectivity index (χ0) is 15.5. The molecule has 2 unspecified atom stereocenters. The first-order chi connectivity index (χ1) is 10.6. The number of benzene rings is 1. The molecular weight excluding hydrogens is 310 g/mol. The van der Waals surface area contributed by atoms with Crippen molar-refractivity contribution in [3.05, 3.63) is 29.8 Å². The second-order valence-corrected chi connectivity index (χ2v) is 6.96. The fraction of sp³-hybridized carbons (Fsp3) is 0.611. The highest BCUT2D eigenvalue weighted by atomic mass is 35.5. The summed E-state index contributed by atoms with van der Waals surface area (Å²) >= 11 is 0. The van der Waals surface area contributed by atoms with E-state index in [0.717, 1.165) is 31.2 Å². The average Bonchev–Trinajstić information content (AvgIpc) is 2.95. The fourth-order valence-corrected chi connectivity index (χ4v) is 3.62. The normalized spacial score (nSPS) is 24.1. The second-order valence-electron chi connectivity index (χ2n) is 6.96. The molecule has 3 rings (SSSR count). The van der Waals surface area contributed by atoms with Crippen molar-refractivity contribution >= 4 is 24.0 Å². The molecule has 0 aliphatic carbocycles. The molecule has 1 amide bonds. The first-order valence-corrected chi connectivity index (χ1v) is 8.47. The molecule has 2 heterocycles. The Kier molecular flexibility index (Phi) is 6.45. The lowest BCUT2D eigenvalue weighted by Gasteiger charge is -2.34. The van der Waals surface area contributed by atoms with E-state index >= 15 is 0 Å². The summed E-state index contributed by atoms with van der Waals surface area (Å²) in [6.45, 7) is 8.07. The zero-order valence-electron chi connectivity index (χ0n) is 14.0. The number of hydrogen-bond donors (Lipinski definition) is 2. The molecule has 2 N–H and O–H groups in total. The first-order valence-electron chi connectivity index (χ1n) is 8.47. The molecular formula is C18H28ClN3O. The quantitative estimate of drug-likeness (QED) is 0.888. The molecule has 2 atom stereocenters. The summed E-state index contributed by atoms with van der Waals surface area (Å²) in [4.78, 5) is 14.5. The van der Waals surface area contributed by atoms with Gasteiger partial charge in [0.1, 0.15) is 0 Å². The molecule has 1 aromatic carbocycles. The van der Waals surface area contributed by atoms with Crippen LogP contribution < -0.4 is 10.6 Å². The highest BCUT2D eigenvalue weighted by molar-refractivity contribution is 5.92. The van der Waals surface area contributed by atoms with Crippen LogP contribution in [0.1, 0.15) is 38.2 Å². The monoisotopic (exact) mass is 337 g/mol. The van der Waals surface area contributed by atoms with Crippen LogP contribution in [0.25, 0.3) is 0 Å². The molecule has 0 spiro atoms. The number of fused-ring (bicyclic) bond motifs is 1. The van der Waals surface area contributed by atoms with Crippen molar-refractivity contribution in [2.45, 2.75) is 38.6 Å². The van der Waals surface area contributed by atoms with E-state index in [2.05, 4.69) is 41.5 Å². The second kappa shape index (κ2) is 8.13. The SMILES string of the molecule is CC(C)c1ccc(NC(=O)CN2CCC3NCCC3C2)cc1.Cl. The minimum absolute atomic E-state index is 0. The Morgan fingerprint density at radius 3 is 2.74 bits per heavy atom. The lowest BCUT2D eigenvalue weighted by molar-refractivity contribution is -0.117. The van der Waals surface area contributed by atoms with E-state index in [1.54, 1.807) is 0 Å². The third-order valence-electron chi connectivity index (χ3n) is 4.97. The minimum atomic E-state index is 0. The highest BCUT2D eigenvalue weighted by Gasteiger charge is 2.32. The van der Waals surface area contributed by atoms with Crippen molar-refractivity contribution in [3.63, 3.8) is 0 Å². The number of nitrogens with zero attached hydrogens (tertiary/aromatic N) is 1. The smallest absolute Gasteiger partial charge is 0.238 e. The van der Waals surface area contributed by atoms with Gasteiger partial charge in [-0.2, -0.15) is 0 Å². The highest BCUT2D eigenvalue weighted by Crippen LogP contribution is 2.24. The fourth-order valence-electron chi connectivity index (χ4n) is 3.62. The van der Waals surface area contributed by atoms with Gasteiger partial charge in [-0.25, -0.2) is 0 Å². The van der Waals surface area contributed by atoms with Crippen LogP contribution in [0.5, 0.6) is 0 Å². The van der Waals surface area contributed by atoms with Crippen molar-refractivity contribution in [1.82, 2.24) is 10.2 Å². The number of carbonyl (C=O) groups is 1. The molecule has 2 saturated heterocycles. The number of piperidine rings is 1. The molecule has 0 radical (unpaired) electrons. The van der Waals surface area contributed by atoms with Crippen molar-refractivity contribution in [2.24, 2.45) is 5.92 Å². The van der Waals surface area contributed by atoms with Crippen LogP contribution in [-0.4, -0.2) is 43.0 Å². The van der Waals surface area contributed by atoms with Gasteiger partial charge < -0.3 is 10.6 Å². The molecule has 0 aromatic heterocycles. The summed E-state index contributed by atoms with van der Waals surface area (Å²) in [6, 6.07) is 8.87. The number of anilines is 1. The molecule has 2 aliphatic rings. The Bertz CT molecular complexity index is 518. The van der Waals surface area contributed by atoms with Gasteiger partial charge in [-0.1, -0.05) is 26.0 Å². The molecule has 2 aliphatic heterocycles. The van der Waals surface area contributed by atoms with Crippen molar-refractivity contribution in [3.8, 4) is 0 Å². The minimum Gasteiger partial charge on any atom is -0.325 e. The first kappa shape index (κ1) is 18.2. The molecule has 2 fully saturated rings. The number of nitrogens with one attached hydrogen (secondary N) is 2. The van der Waals surface area contributed by atoms with Gasteiger partial charge in [-0.05, 0) is 48.9 Å². The van der Waals surface area contributed by atoms with Gasteiger partial charge in [0, 0.05) is 24.8 Å². The van der Waals surface area contributed by atoms with E-state index in [0.29, 0.717) is 18.5 Å². The lowest BCUT2D eigenvalue weighted by atomic mass is 9.93. The summed E-state index contributed by atoms with van der Waals surface area (Å²) in [7, 11) is 0. The van der Waals surface area contributed by atoms with E-state index < -0.39 is 0 Å². The Balaban J connectivity index is 0.00000192. The van der Waals surface area contributed by atoms with Gasteiger partial charge in [-0.15, -0.1) is 12.4 Å². The van der Waals surface area contributed by atoms with Crippen LogP contribution in [0, 0.1) is 5.92 Å². The number of likely N-dealkylation sites (tertiary alicyclic amines) is 1. The molecule has 5 heteroatoms. The summed E-state index contributed by atoms with van der Waals surface area (Å²) in [6.07, 6.45) is 2.42. The van der Waals surface area contributed by atoms with Crippen molar-refractivity contribution < 1.29 is 4.79 Å². The van der Waals surface area contributed by atoms with Gasteiger partial charge in [0.25, 0.3) is 0 Å². The number of rotatable bonds is 4. The standard InChI is InChI=1S/C18H27N3O.ClH/c1-13(2)14-3-5-16(6-4-14)20-18(22)12-21-10-8-17-15(11-21)7-9-19-17;/h3-6,13,15,17,19H,7-12H2,1-2H3,(H,20,22);1H. The zero-order valence-corrected chi connectivity index (χ0v) is 14.9. The van der Waals surface area contributed by atoms with Gasteiger partial charge >= 0.3 is 0 Å². The van der Waals surface area contributed by atoms with Gasteiger partial charge in [0.05, 0.1) is 6.54 Å². The third-order valence-corrected chi connectivity index (χ3v) is 4.97. The van der Waals surface area contributed by atoms with E-state index in [1.807, 2.05) is 12.1 Å². The maximum atomic E-state index is 12.2. The summed E-state index contributed by atoms with van der Waals surface area (Å²) in [5, 5.41) is 6.58. The summed E-state index contributed by atoms with van der Waals surface area (Å²) in [5.74, 6) is 1.35. The van der Waals surface area contributed by atoms with Crippen LogP contribution in [-0.2, 0) is 4.79 Å².